The highest BCUT2D eigenvalue weighted by atomic mass is 35.5. The lowest BCUT2D eigenvalue weighted by Gasteiger charge is -2.30. The van der Waals surface area contributed by atoms with Gasteiger partial charge in [0, 0.05) is 24.7 Å². The van der Waals surface area contributed by atoms with Gasteiger partial charge in [-0.15, -0.1) is 0 Å². The maximum atomic E-state index is 13.5. The van der Waals surface area contributed by atoms with Crippen LogP contribution >= 0.6 is 11.6 Å². The van der Waals surface area contributed by atoms with Crippen molar-refractivity contribution >= 4 is 29.3 Å². The van der Waals surface area contributed by atoms with Crippen LogP contribution in [0, 0.1) is 0 Å². The molecule has 150 valence electrons. The van der Waals surface area contributed by atoms with Gasteiger partial charge in [0.15, 0.2) is 0 Å². The van der Waals surface area contributed by atoms with Crippen molar-refractivity contribution in [2.75, 3.05) is 24.6 Å². The second-order valence-corrected chi connectivity index (χ2v) is 6.60. The Labute approximate surface area is 161 Å². The SMILES string of the molecule is CCCN(CCC)c1cc2c(cc1Cl)C=C(C(=O)OCC)C(C(F)(F)F)O2. The van der Waals surface area contributed by atoms with E-state index in [9.17, 15) is 18.0 Å². The molecule has 27 heavy (non-hydrogen) atoms. The number of hydrogen-bond acceptors (Lipinski definition) is 4. The zero-order valence-corrected chi connectivity index (χ0v) is 16.3. The van der Waals surface area contributed by atoms with Gasteiger partial charge in [-0.1, -0.05) is 25.4 Å². The van der Waals surface area contributed by atoms with Crippen LogP contribution in [-0.4, -0.2) is 37.9 Å². The lowest BCUT2D eigenvalue weighted by Crippen LogP contribution is -2.40. The van der Waals surface area contributed by atoms with Crippen LogP contribution in [0.2, 0.25) is 5.02 Å². The van der Waals surface area contributed by atoms with Gasteiger partial charge in [0.05, 0.1) is 22.9 Å². The van der Waals surface area contributed by atoms with E-state index >= 15 is 0 Å². The highest BCUT2D eigenvalue weighted by molar-refractivity contribution is 6.33. The Kier molecular flexibility index (Phi) is 7.03. The number of esters is 1. The van der Waals surface area contributed by atoms with Crippen molar-refractivity contribution in [1.29, 1.82) is 0 Å². The van der Waals surface area contributed by atoms with Crippen molar-refractivity contribution in [3.8, 4) is 5.75 Å². The number of carbonyl (C=O) groups is 1. The van der Waals surface area contributed by atoms with E-state index in [0.717, 1.165) is 32.0 Å². The standard InChI is InChI=1S/C19H23ClF3NO3/c1-4-7-24(8-5-2)15-11-16-12(10-14(15)20)9-13(18(25)26-6-3)17(27-16)19(21,22)23/h9-11,17H,4-8H2,1-3H3. The molecule has 4 nitrogen and oxygen atoms in total. The molecular formula is C19H23ClF3NO3. The highest BCUT2D eigenvalue weighted by Gasteiger charge is 2.49. The van der Waals surface area contributed by atoms with E-state index in [0.29, 0.717) is 16.3 Å². The molecule has 0 N–H and O–H groups in total. The maximum Gasteiger partial charge on any atom is 0.430 e. The summed E-state index contributed by atoms with van der Waals surface area (Å²) >= 11 is 6.38. The third kappa shape index (κ3) is 4.89. The molecule has 0 amide bonds. The lowest BCUT2D eigenvalue weighted by atomic mass is 10.0. The third-order valence-electron chi connectivity index (χ3n) is 4.05. The first-order valence-electron chi connectivity index (χ1n) is 8.93. The summed E-state index contributed by atoms with van der Waals surface area (Å²) in [5, 5.41) is 0.393. The smallest absolute Gasteiger partial charge is 0.430 e. The molecule has 2 rings (SSSR count). The van der Waals surface area contributed by atoms with Crippen LogP contribution in [-0.2, 0) is 9.53 Å². The van der Waals surface area contributed by atoms with Gasteiger partial charge >= 0.3 is 12.1 Å². The van der Waals surface area contributed by atoms with Gasteiger partial charge in [-0.25, -0.2) is 4.79 Å². The Morgan fingerprint density at radius 3 is 2.37 bits per heavy atom. The minimum absolute atomic E-state index is 0.0315. The largest absolute Gasteiger partial charge is 0.475 e. The van der Waals surface area contributed by atoms with Crippen LogP contribution in [0.4, 0.5) is 18.9 Å². The molecule has 1 unspecified atom stereocenters. The quantitative estimate of drug-likeness (QED) is 0.582. The minimum Gasteiger partial charge on any atom is -0.475 e. The van der Waals surface area contributed by atoms with E-state index in [1.54, 1.807) is 0 Å². The molecule has 1 aromatic carbocycles. The van der Waals surface area contributed by atoms with E-state index in [-0.39, 0.29) is 12.4 Å². The first-order chi connectivity index (χ1) is 12.7. The monoisotopic (exact) mass is 405 g/mol. The molecule has 1 aliphatic rings. The van der Waals surface area contributed by atoms with Crippen LogP contribution in [0.5, 0.6) is 5.75 Å². The number of alkyl halides is 3. The minimum atomic E-state index is -4.75. The summed E-state index contributed by atoms with van der Waals surface area (Å²) in [6, 6.07) is 3.04. The Bertz CT molecular complexity index is 713. The summed E-state index contributed by atoms with van der Waals surface area (Å²) in [5.74, 6) is -1.01. The van der Waals surface area contributed by atoms with Crippen LogP contribution in [0.25, 0.3) is 6.08 Å². The van der Waals surface area contributed by atoms with E-state index in [4.69, 9.17) is 21.1 Å². The predicted molar refractivity (Wildman–Crippen MR) is 99.3 cm³/mol. The molecule has 1 aliphatic heterocycles. The van der Waals surface area contributed by atoms with Gasteiger partial charge < -0.3 is 14.4 Å². The highest BCUT2D eigenvalue weighted by Crippen LogP contribution is 2.42. The Hall–Kier alpha value is -1.89. The lowest BCUT2D eigenvalue weighted by molar-refractivity contribution is -0.187. The number of hydrogen-bond donors (Lipinski definition) is 0. The average molecular weight is 406 g/mol. The summed E-state index contributed by atoms with van der Waals surface area (Å²) in [5.41, 5.74) is 0.355. The Morgan fingerprint density at radius 1 is 1.22 bits per heavy atom. The Balaban J connectivity index is 2.51. The molecule has 0 fully saturated rings. The second kappa shape index (κ2) is 8.87. The van der Waals surface area contributed by atoms with E-state index < -0.39 is 23.8 Å². The van der Waals surface area contributed by atoms with Gasteiger partial charge in [-0.3, -0.25) is 0 Å². The van der Waals surface area contributed by atoms with Crippen LogP contribution in [0.3, 0.4) is 0 Å². The molecular weight excluding hydrogens is 383 g/mol. The topological polar surface area (TPSA) is 38.8 Å². The second-order valence-electron chi connectivity index (χ2n) is 6.19. The summed E-state index contributed by atoms with van der Waals surface area (Å²) in [6.07, 6.45) is -4.24. The number of ether oxygens (including phenoxy) is 2. The zero-order chi connectivity index (χ0) is 20.2. The maximum absolute atomic E-state index is 13.5. The van der Waals surface area contributed by atoms with Gasteiger partial charge in [0.1, 0.15) is 5.75 Å². The van der Waals surface area contributed by atoms with Crippen LogP contribution in [0.1, 0.15) is 39.2 Å². The number of halogens is 4. The molecule has 1 atom stereocenters. The predicted octanol–water partition coefficient (Wildman–Crippen LogP) is 5.24. The fourth-order valence-electron chi connectivity index (χ4n) is 2.96. The summed E-state index contributed by atoms with van der Waals surface area (Å²) < 4.78 is 50.3. The number of anilines is 1. The Morgan fingerprint density at radius 2 is 1.85 bits per heavy atom. The average Bonchev–Trinajstić information content (AvgIpc) is 2.59. The summed E-state index contributed by atoms with van der Waals surface area (Å²) in [7, 11) is 0. The molecule has 0 spiro atoms. The first-order valence-corrected chi connectivity index (χ1v) is 9.31. The molecule has 0 aliphatic carbocycles. The van der Waals surface area contributed by atoms with Gasteiger partial charge in [0.2, 0.25) is 6.10 Å². The number of fused-ring (bicyclic) bond motifs is 1. The first kappa shape index (κ1) is 21.4. The normalized spacial score (nSPS) is 16.3. The molecule has 1 aromatic rings. The van der Waals surface area contributed by atoms with E-state index in [1.807, 2.05) is 18.7 Å². The molecule has 0 bridgehead atoms. The van der Waals surface area contributed by atoms with E-state index in [1.165, 1.54) is 19.1 Å². The molecule has 0 radical (unpaired) electrons. The van der Waals surface area contributed by atoms with Crippen molar-refractivity contribution in [1.82, 2.24) is 0 Å². The van der Waals surface area contributed by atoms with Crippen molar-refractivity contribution in [3.63, 3.8) is 0 Å². The number of rotatable bonds is 7. The number of carbonyl (C=O) groups excluding carboxylic acids is 1. The van der Waals surface area contributed by atoms with Crippen molar-refractivity contribution in [2.24, 2.45) is 0 Å². The number of benzene rings is 1. The fraction of sp³-hybridized carbons (Fsp3) is 0.526. The van der Waals surface area contributed by atoms with Crippen molar-refractivity contribution in [2.45, 2.75) is 45.9 Å². The van der Waals surface area contributed by atoms with Gasteiger partial charge in [0.25, 0.3) is 0 Å². The molecule has 1 heterocycles. The van der Waals surface area contributed by atoms with Gasteiger partial charge in [-0.2, -0.15) is 13.2 Å². The number of nitrogens with zero attached hydrogens (tertiary/aromatic N) is 1. The van der Waals surface area contributed by atoms with Gasteiger partial charge in [-0.05, 0) is 31.9 Å². The summed E-state index contributed by atoms with van der Waals surface area (Å²) in [6.45, 7) is 6.96. The molecule has 0 saturated carbocycles. The third-order valence-corrected chi connectivity index (χ3v) is 4.36. The molecule has 0 aromatic heterocycles. The van der Waals surface area contributed by atoms with Crippen molar-refractivity contribution < 1.29 is 27.4 Å². The van der Waals surface area contributed by atoms with Crippen molar-refractivity contribution in [3.05, 3.63) is 28.3 Å². The zero-order valence-electron chi connectivity index (χ0n) is 15.5. The molecule has 0 saturated heterocycles. The summed E-state index contributed by atoms with van der Waals surface area (Å²) in [4.78, 5) is 14.0. The molecule has 8 heteroatoms. The van der Waals surface area contributed by atoms with Crippen LogP contribution in [0.15, 0.2) is 17.7 Å². The van der Waals surface area contributed by atoms with E-state index in [2.05, 4.69) is 0 Å². The van der Waals surface area contributed by atoms with Crippen LogP contribution < -0.4 is 9.64 Å². The fourth-order valence-corrected chi connectivity index (χ4v) is 3.26.